The maximum absolute atomic E-state index is 11.5. The standard InChI is InChI=1S/C11H17N3O2.C5H12N2.ClH/c1-2-16-11(15)9-7-13-14(10(9)12)8-5-3-4-6-8;6-7-5-3-1-2-4-5;/h7-8H,2-6,12H2,1H3;5,7H,1-4,6H2;1H. The predicted molar refractivity (Wildman–Crippen MR) is 96.9 cm³/mol. The molecule has 8 heteroatoms. The van der Waals surface area contributed by atoms with E-state index in [1.165, 1.54) is 44.7 Å². The number of rotatable bonds is 4. The van der Waals surface area contributed by atoms with Crippen molar-refractivity contribution >= 4 is 24.2 Å². The van der Waals surface area contributed by atoms with Gasteiger partial charge in [-0.15, -0.1) is 12.4 Å². The molecule has 0 aromatic carbocycles. The third-order valence-electron chi connectivity index (χ3n) is 4.59. The van der Waals surface area contributed by atoms with Crippen LogP contribution in [-0.4, -0.2) is 28.4 Å². The Bertz CT molecular complexity index is 497. The van der Waals surface area contributed by atoms with Gasteiger partial charge in [0.05, 0.1) is 18.8 Å². The molecule has 0 bridgehead atoms. The summed E-state index contributed by atoms with van der Waals surface area (Å²) in [7, 11) is 0. The van der Waals surface area contributed by atoms with Crippen molar-refractivity contribution in [3.8, 4) is 0 Å². The molecule has 2 aliphatic rings. The molecular weight excluding hydrogens is 330 g/mol. The van der Waals surface area contributed by atoms with Crippen molar-refractivity contribution in [1.29, 1.82) is 0 Å². The summed E-state index contributed by atoms with van der Waals surface area (Å²) in [5.74, 6) is 5.23. The summed E-state index contributed by atoms with van der Waals surface area (Å²) in [4.78, 5) is 11.5. The van der Waals surface area contributed by atoms with Crippen LogP contribution in [0.4, 0.5) is 5.82 Å². The maximum atomic E-state index is 11.5. The Kier molecular flexibility index (Phi) is 9.10. The molecule has 1 aromatic rings. The van der Waals surface area contributed by atoms with Crippen molar-refractivity contribution in [2.75, 3.05) is 12.3 Å². The number of esters is 1. The van der Waals surface area contributed by atoms with E-state index in [0.717, 1.165) is 12.8 Å². The number of halogens is 1. The Morgan fingerprint density at radius 3 is 2.38 bits per heavy atom. The summed E-state index contributed by atoms with van der Waals surface area (Å²) in [6.45, 7) is 2.13. The van der Waals surface area contributed by atoms with Crippen molar-refractivity contribution in [3.63, 3.8) is 0 Å². The lowest BCUT2D eigenvalue weighted by Crippen LogP contribution is -2.32. The van der Waals surface area contributed by atoms with Gasteiger partial charge in [-0.1, -0.05) is 25.7 Å². The van der Waals surface area contributed by atoms with Crippen LogP contribution in [0.5, 0.6) is 0 Å². The Hall–Kier alpha value is -1.31. The Balaban J connectivity index is 0.000000304. The van der Waals surface area contributed by atoms with Gasteiger partial charge in [-0.3, -0.25) is 11.3 Å². The van der Waals surface area contributed by atoms with Crippen LogP contribution in [0.3, 0.4) is 0 Å². The van der Waals surface area contributed by atoms with Gasteiger partial charge in [-0.05, 0) is 32.6 Å². The first-order valence-corrected chi connectivity index (χ1v) is 8.63. The number of anilines is 1. The van der Waals surface area contributed by atoms with Crippen LogP contribution in [0, 0.1) is 0 Å². The average Bonchev–Trinajstić information content (AvgIpc) is 3.29. The quantitative estimate of drug-likeness (QED) is 0.433. The summed E-state index contributed by atoms with van der Waals surface area (Å²) in [6, 6.07) is 0.975. The lowest BCUT2D eigenvalue weighted by molar-refractivity contribution is 0.0527. The van der Waals surface area contributed by atoms with Gasteiger partial charge < -0.3 is 10.5 Å². The van der Waals surface area contributed by atoms with E-state index >= 15 is 0 Å². The number of ether oxygens (including phenoxy) is 1. The summed E-state index contributed by atoms with van der Waals surface area (Å²) in [5, 5.41) is 4.19. The van der Waals surface area contributed by atoms with E-state index in [2.05, 4.69) is 10.5 Å². The molecule has 24 heavy (non-hydrogen) atoms. The molecule has 5 N–H and O–H groups in total. The number of carbonyl (C=O) groups is 1. The summed E-state index contributed by atoms with van der Waals surface area (Å²) in [6.07, 6.45) is 11.4. The number of hydrogen-bond donors (Lipinski definition) is 3. The molecule has 0 unspecified atom stereocenters. The highest BCUT2D eigenvalue weighted by atomic mass is 35.5. The average molecular weight is 360 g/mol. The first-order chi connectivity index (χ1) is 11.2. The van der Waals surface area contributed by atoms with E-state index in [4.69, 9.17) is 16.3 Å². The smallest absolute Gasteiger partial charge is 0.343 e. The van der Waals surface area contributed by atoms with Gasteiger partial charge in [0, 0.05) is 6.04 Å². The molecule has 0 amide bonds. The molecule has 2 saturated carbocycles. The summed E-state index contributed by atoms with van der Waals surface area (Å²) in [5.41, 5.74) is 9.06. The van der Waals surface area contributed by atoms with Gasteiger partial charge >= 0.3 is 5.97 Å². The highest BCUT2D eigenvalue weighted by Gasteiger charge is 2.23. The third-order valence-corrected chi connectivity index (χ3v) is 4.59. The topological polar surface area (TPSA) is 108 Å². The number of hydrogen-bond acceptors (Lipinski definition) is 6. The minimum absolute atomic E-state index is 0. The van der Waals surface area contributed by atoms with Crippen LogP contribution in [-0.2, 0) is 4.74 Å². The normalized spacial score (nSPS) is 17.9. The van der Waals surface area contributed by atoms with Crippen molar-refractivity contribution in [1.82, 2.24) is 15.2 Å². The van der Waals surface area contributed by atoms with Crippen LogP contribution >= 0.6 is 12.4 Å². The second-order valence-electron chi connectivity index (χ2n) is 6.19. The van der Waals surface area contributed by atoms with Crippen molar-refractivity contribution < 1.29 is 9.53 Å². The fraction of sp³-hybridized carbons (Fsp3) is 0.750. The number of carbonyl (C=O) groups excluding carboxylic acids is 1. The zero-order valence-corrected chi connectivity index (χ0v) is 15.2. The highest BCUT2D eigenvalue weighted by Crippen LogP contribution is 2.31. The largest absolute Gasteiger partial charge is 0.462 e. The van der Waals surface area contributed by atoms with Crippen LogP contribution in [0.25, 0.3) is 0 Å². The number of hydrazine groups is 1. The fourth-order valence-electron chi connectivity index (χ4n) is 3.27. The number of nitrogens with two attached hydrogens (primary N) is 2. The summed E-state index contributed by atoms with van der Waals surface area (Å²) >= 11 is 0. The lowest BCUT2D eigenvalue weighted by Gasteiger charge is -2.11. The van der Waals surface area contributed by atoms with Crippen LogP contribution in [0.2, 0.25) is 0 Å². The van der Waals surface area contributed by atoms with E-state index in [1.54, 1.807) is 11.6 Å². The van der Waals surface area contributed by atoms with Crippen LogP contribution in [0.15, 0.2) is 6.20 Å². The zero-order chi connectivity index (χ0) is 16.7. The van der Waals surface area contributed by atoms with E-state index in [0.29, 0.717) is 30.1 Å². The van der Waals surface area contributed by atoms with Crippen LogP contribution in [0.1, 0.15) is 74.7 Å². The molecule has 0 spiro atoms. The van der Waals surface area contributed by atoms with Crippen molar-refractivity contribution in [2.24, 2.45) is 5.84 Å². The molecule has 2 fully saturated rings. The highest BCUT2D eigenvalue weighted by molar-refractivity contribution is 5.94. The molecule has 0 aliphatic heterocycles. The van der Waals surface area contributed by atoms with E-state index in [1.807, 2.05) is 0 Å². The monoisotopic (exact) mass is 359 g/mol. The molecule has 0 radical (unpaired) electrons. The van der Waals surface area contributed by atoms with Gasteiger partial charge in [0.25, 0.3) is 0 Å². The zero-order valence-electron chi connectivity index (χ0n) is 14.4. The van der Waals surface area contributed by atoms with E-state index in [9.17, 15) is 4.79 Å². The molecule has 138 valence electrons. The minimum atomic E-state index is -0.385. The second-order valence-corrected chi connectivity index (χ2v) is 6.19. The number of nitrogens with one attached hydrogen (secondary N) is 1. The predicted octanol–water partition coefficient (Wildman–Crippen LogP) is 2.57. The number of aromatic nitrogens is 2. The lowest BCUT2D eigenvalue weighted by atomic mass is 10.2. The molecule has 1 aromatic heterocycles. The van der Waals surface area contributed by atoms with Gasteiger partial charge in [0.15, 0.2) is 0 Å². The van der Waals surface area contributed by atoms with Crippen LogP contribution < -0.4 is 17.0 Å². The van der Waals surface area contributed by atoms with Gasteiger partial charge in [0.1, 0.15) is 11.4 Å². The van der Waals surface area contributed by atoms with Gasteiger partial charge in [0.2, 0.25) is 0 Å². The maximum Gasteiger partial charge on any atom is 0.343 e. The Morgan fingerprint density at radius 1 is 1.29 bits per heavy atom. The molecular formula is C16H30ClN5O2. The van der Waals surface area contributed by atoms with E-state index < -0.39 is 0 Å². The first-order valence-electron chi connectivity index (χ1n) is 8.63. The molecule has 1 heterocycles. The first kappa shape index (κ1) is 20.7. The molecule has 0 saturated heterocycles. The fourth-order valence-corrected chi connectivity index (χ4v) is 3.27. The third kappa shape index (κ3) is 5.36. The van der Waals surface area contributed by atoms with Crippen molar-refractivity contribution in [3.05, 3.63) is 11.8 Å². The van der Waals surface area contributed by atoms with Gasteiger partial charge in [-0.2, -0.15) is 5.10 Å². The van der Waals surface area contributed by atoms with Gasteiger partial charge in [-0.25, -0.2) is 9.48 Å². The molecule has 7 nitrogen and oxygen atoms in total. The molecule has 0 atom stereocenters. The molecule has 2 aliphatic carbocycles. The SMILES string of the molecule is CCOC(=O)c1cnn(C2CCCC2)c1N.Cl.NNC1CCCC1. The number of nitrogen functional groups attached to an aromatic ring is 1. The Morgan fingerprint density at radius 2 is 1.88 bits per heavy atom. The molecule has 3 rings (SSSR count). The minimum Gasteiger partial charge on any atom is -0.462 e. The van der Waals surface area contributed by atoms with E-state index in [-0.39, 0.29) is 18.4 Å². The van der Waals surface area contributed by atoms with Crippen molar-refractivity contribution in [2.45, 2.75) is 70.4 Å². The Labute approximate surface area is 149 Å². The summed E-state index contributed by atoms with van der Waals surface area (Å²) < 4.78 is 6.68. The number of nitrogens with zero attached hydrogens (tertiary/aromatic N) is 2. The second kappa shape index (κ2) is 10.5.